The first kappa shape index (κ1) is 13.4. The monoisotopic (exact) mass is 252 g/mol. The molecule has 2 amide bonds. The molecule has 18 heavy (non-hydrogen) atoms. The zero-order chi connectivity index (χ0) is 13.0. The fourth-order valence-corrected chi connectivity index (χ4v) is 2.67. The molecule has 0 bridgehead atoms. The highest BCUT2D eigenvalue weighted by Crippen LogP contribution is 2.39. The second kappa shape index (κ2) is 6.21. The molecule has 4 nitrogen and oxygen atoms in total. The number of amides is 2. The van der Waals surface area contributed by atoms with E-state index >= 15 is 0 Å². The summed E-state index contributed by atoms with van der Waals surface area (Å²) in [6.45, 7) is 2.84. The average Bonchev–Trinajstić information content (AvgIpc) is 3.01. The maximum Gasteiger partial charge on any atom is 0.224 e. The molecular weight excluding hydrogens is 228 g/mol. The van der Waals surface area contributed by atoms with Crippen LogP contribution in [0.1, 0.15) is 51.9 Å². The summed E-state index contributed by atoms with van der Waals surface area (Å²) in [5, 5.41) is 5.98. The Kier molecular flexibility index (Phi) is 4.61. The fraction of sp³-hybridized carbons (Fsp3) is 0.857. The summed E-state index contributed by atoms with van der Waals surface area (Å²) >= 11 is 0. The molecule has 0 saturated heterocycles. The van der Waals surface area contributed by atoms with E-state index in [1.54, 1.807) is 0 Å². The summed E-state index contributed by atoms with van der Waals surface area (Å²) in [5.74, 6) is 0.0306. The molecule has 102 valence electrons. The first-order valence-electron chi connectivity index (χ1n) is 7.30. The SMILES string of the molecule is CCCCNC(=O)C1CC1C(=O)NC1CCCC1. The number of carbonyl (C=O) groups excluding carboxylic acids is 2. The van der Waals surface area contributed by atoms with Crippen molar-refractivity contribution in [2.45, 2.75) is 57.9 Å². The Hall–Kier alpha value is -1.06. The fourth-order valence-electron chi connectivity index (χ4n) is 2.67. The minimum absolute atomic E-state index is 0.0628. The van der Waals surface area contributed by atoms with Crippen LogP contribution in [0.2, 0.25) is 0 Å². The average molecular weight is 252 g/mol. The highest BCUT2D eigenvalue weighted by molar-refractivity contribution is 5.92. The molecule has 2 atom stereocenters. The first-order chi connectivity index (χ1) is 8.72. The number of unbranched alkanes of at least 4 members (excludes halogenated alkanes) is 1. The largest absolute Gasteiger partial charge is 0.356 e. The van der Waals surface area contributed by atoms with E-state index in [9.17, 15) is 9.59 Å². The lowest BCUT2D eigenvalue weighted by Gasteiger charge is -2.11. The van der Waals surface area contributed by atoms with Crippen molar-refractivity contribution in [1.82, 2.24) is 10.6 Å². The molecule has 2 fully saturated rings. The number of nitrogens with one attached hydrogen (secondary N) is 2. The molecule has 0 radical (unpaired) electrons. The van der Waals surface area contributed by atoms with Crippen molar-refractivity contribution in [3.05, 3.63) is 0 Å². The molecule has 2 aliphatic carbocycles. The van der Waals surface area contributed by atoms with E-state index in [0.717, 1.165) is 38.6 Å². The van der Waals surface area contributed by atoms with Crippen LogP contribution < -0.4 is 10.6 Å². The summed E-state index contributed by atoms with van der Waals surface area (Å²) in [7, 11) is 0. The van der Waals surface area contributed by atoms with Crippen LogP contribution in [0.25, 0.3) is 0 Å². The Morgan fingerprint density at radius 2 is 1.78 bits per heavy atom. The molecule has 0 aliphatic heterocycles. The van der Waals surface area contributed by atoms with Crippen LogP contribution in [0.5, 0.6) is 0 Å². The Bertz CT molecular complexity index is 311. The van der Waals surface area contributed by atoms with Crippen molar-refractivity contribution in [3.8, 4) is 0 Å². The lowest BCUT2D eigenvalue weighted by atomic mass is 10.2. The maximum atomic E-state index is 11.9. The van der Waals surface area contributed by atoms with Gasteiger partial charge in [0.2, 0.25) is 11.8 Å². The van der Waals surface area contributed by atoms with Crippen LogP contribution >= 0.6 is 0 Å². The van der Waals surface area contributed by atoms with Gasteiger partial charge in [-0.05, 0) is 25.7 Å². The lowest BCUT2D eigenvalue weighted by Crippen LogP contribution is -2.35. The van der Waals surface area contributed by atoms with Gasteiger partial charge in [-0.25, -0.2) is 0 Å². The van der Waals surface area contributed by atoms with Gasteiger partial charge in [-0.15, -0.1) is 0 Å². The van der Waals surface area contributed by atoms with Crippen LogP contribution in [-0.2, 0) is 9.59 Å². The van der Waals surface area contributed by atoms with Crippen LogP contribution in [0.3, 0.4) is 0 Å². The van der Waals surface area contributed by atoms with E-state index in [4.69, 9.17) is 0 Å². The molecule has 2 aliphatic rings. The van der Waals surface area contributed by atoms with Crippen LogP contribution in [0.15, 0.2) is 0 Å². The molecule has 2 saturated carbocycles. The number of carbonyl (C=O) groups is 2. The summed E-state index contributed by atoms with van der Waals surface area (Å²) in [6, 6.07) is 0.363. The van der Waals surface area contributed by atoms with E-state index < -0.39 is 0 Å². The normalized spacial score (nSPS) is 26.9. The third-order valence-electron chi connectivity index (χ3n) is 4.00. The first-order valence-corrected chi connectivity index (χ1v) is 7.30. The molecule has 2 N–H and O–H groups in total. The van der Waals surface area contributed by atoms with Crippen molar-refractivity contribution in [2.24, 2.45) is 11.8 Å². The van der Waals surface area contributed by atoms with Crippen LogP contribution in [-0.4, -0.2) is 24.4 Å². The predicted octanol–water partition coefficient (Wildman–Crippen LogP) is 1.60. The molecule has 0 spiro atoms. The van der Waals surface area contributed by atoms with Crippen molar-refractivity contribution in [1.29, 1.82) is 0 Å². The Morgan fingerprint density at radius 1 is 1.11 bits per heavy atom. The van der Waals surface area contributed by atoms with Crippen LogP contribution in [0, 0.1) is 11.8 Å². The Morgan fingerprint density at radius 3 is 2.44 bits per heavy atom. The van der Waals surface area contributed by atoms with Gasteiger partial charge < -0.3 is 10.6 Å². The van der Waals surface area contributed by atoms with Gasteiger partial charge >= 0.3 is 0 Å². The standard InChI is InChI=1S/C14H24N2O2/c1-2-3-8-15-13(17)11-9-12(11)14(18)16-10-6-4-5-7-10/h10-12H,2-9H2,1H3,(H,15,17)(H,16,18). The summed E-state index contributed by atoms with van der Waals surface area (Å²) in [4.78, 5) is 23.7. The van der Waals surface area contributed by atoms with Crippen LogP contribution in [0.4, 0.5) is 0 Å². The van der Waals surface area contributed by atoms with Gasteiger partial charge in [0.05, 0.1) is 11.8 Å². The second-order valence-corrected chi connectivity index (χ2v) is 5.58. The van der Waals surface area contributed by atoms with Gasteiger partial charge in [-0.3, -0.25) is 9.59 Å². The molecule has 0 aromatic heterocycles. The van der Waals surface area contributed by atoms with E-state index in [1.807, 2.05) is 0 Å². The Balaban J connectivity index is 1.66. The summed E-state index contributed by atoms with van der Waals surface area (Å²) in [5.41, 5.74) is 0. The number of rotatable bonds is 6. The highest BCUT2D eigenvalue weighted by Gasteiger charge is 2.48. The van der Waals surface area contributed by atoms with Gasteiger partial charge in [-0.1, -0.05) is 26.2 Å². The predicted molar refractivity (Wildman–Crippen MR) is 69.9 cm³/mol. The maximum absolute atomic E-state index is 11.9. The molecule has 4 heteroatoms. The Labute approximate surface area is 109 Å². The van der Waals surface area contributed by atoms with E-state index in [-0.39, 0.29) is 23.7 Å². The van der Waals surface area contributed by atoms with E-state index in [2.05, 4.69) is 17.6 Å². The van der Waals surface area contributed by atoms with Gasteiger partial charge in [0.1, 0.15) is 0 Å². The van der Waals surface area contributed by atoms with E-state index in [0.29, 0.717) is 6.04 Å². The topological polar surface area (TPSA) is 58.2 Å². The lowest BCUT2D eigenvalue weighted by molar-refractivity contribution is -0.127. The molecule has 0 aromatic carbocycles. The van der Waals surface area contributed by atoms with Gasteiger partial charge in [0.15, 0.2) is 0 Å². The highest BCUT2D eigenvalue weighted by atomic mass is 16.2. The summed E-state index contributed by atoms with van der Waals surface area (Å²) < 4.78 is 0. The molecule has 0 aromatic rings. The third kappa shape index (κ3) is 3.47. The number of hydrogen-bond donors (Lipinski definition) is 2. The minimum Gasteiger partial charge on any atom is -0.356 e. The van der Waals surface area contributed by atoms with Crippen molar-refractivity contribution in [3.63, 3.8) is 0 Å². The van der Waals surface area contributed by atoms with Gasteiger partial charge in [0, 0.05) is 12.6 Å². The van der Waals surface area contributed by atoms with Gasteiger partial charge in [-0.2, -0.15) is 0 Å². The van der Waals surface area contributed by atoms with Crippen molar-refractivity contribution >= 4 is 11.8 Å². The van der Waals surface area contributed by atoms with Gasteiger partial charge in [0.25, 0.3) is 0 Å². The molecule has 0 heterocycles. The zero-order valence-electron chi connectivity index (χ0n) is 11.2. The van der Waals surface area contributed by atoms with Crippen molar-refractivity contribution in [2.75, 3.05) is 6.54 Å². The van der Waals surface area contributed by atoms with E-state index in [1.165, 1.54) is 12.8 Å². The second-order valence-electron chi connectivity index (χ2n) is 5.58. The third-order valence-corrected chi connectivity index (χ3v) is 4.00. The smallest absolute Gasteiger partial charge is 0.224 e. The zero-order valence-corrected chi connectivity index (χ0v) is 11.2. The molecule has 2 unspecified atom stereocenters. The molecule has 2 rings (SSSR count). The van der Waals surface area contributed by atoms with Crippen molar-refractivity contribution < 1.29 is 9.59 Å². The quantitative estimate of drug-likeness (QED) is 0.705. The minimum atomic E-state index is -0.0664. The number of hydrogen-bond acceptors (Lipinski definition) is 2. The summed E-state index contributed by atoms with van der Waals surface area (Å²) in [6.07, 6.45) is 7.47. The molecular formula is C14H24N2O2.